The summed E-state index contributed by atoms with van der Waals surface area (Å²) < 4.78 is 0. The predicted molar refractivity (Wildman–Crippen MR) is 64.4 cm³/mol. The van der Waals surface area contributed by atoms with Crippen LogP contribution in [-0.2, 0) is 0 Å². The van der Waals surface area contributed by atoms with Crippen LogP contribution in [0.2, 0.25) is 0 Å². The van der Waals surface area contributed by atoms with Gasteiger partial charge in [-0.05, 0) is 53.3 Å². The largest absolute Gasteiger partial charge is 0.361 e. The van der Waals surface area contributed by atoms with Gasteiger partial charge in [0.15, 0.2) is 0 Å². The first-order chi connectivity index (χ1) is 7.25. The first-order valence-electron chi connectivity index (χ1n) is 5.86. The molecule has 0 amide bonds. The summed E-state index contributed by atoms with van der Waals surface area (Å²) in [4.78, 5) is 3.38. The van der Waals surface area contributed by atoms with Gasteiger partial charge in [-0.15, -0.1) is 0 Å². The Labute approximate surface area is 90.5 Å². The van der Waals surface area contributed by atoms with Crippen molar-refractivity contribution in [3.05, 3.63) is 35.5 Å². The van der Waals surface area contributed by atoms with Gasteiger partial charge in [0, 0.05) is 11.7 Å². The van der Waals surface area contributed by atoms with E-state index in [0.717, 1.165) is 5.92 Å². The number of H-pyrrole nitrogens is 1. The maximum absolute atomic E-state index is 3.38. The highest BCUT2D eigenvalue weighted by atomic mass is 14.7. The molecule has 1 heteroatoms. The molecule has 1 nitrogen and oxygen atoms in total. The van der Waals surface area contributed by atoms with Crippen molar-refractivity contribution in [1.29, 1.82) is 0 Å². The average molecular weight is 199 g/mol. The summed E-state index contributed by atoms with van der Waals surface area (Å²) in [7, 11) is 0. The van der Waals surface area contributed by atoms with E-state index in [-0.39, 0.29) is 0 Å². The topological polar surface area (TPSA) is 15.8 Å². The second kappa shape index (κ2) is 3.13. The molecule has 15 heavy (non-hydrogen) atoms. The highest BCUT2D eigenvalue weighted by Gasteiger charge is 2.26. The van der Waals surface area contributed by atoms with Crippen LogP contribution in [0.1, 0.15) is 49.7 Å². The van der Waals surface area contributed by atoms with Crippen molar-refractivity contribution in [2.75, 3.05) is 0 Å². The molecule has 1 aromatic carbocycles. The van der Waals surface area contributed by atoms with Crippen molar-refractivity contribution in [3.63, 3.8) is 0 Å². The third-order valence-electron chi connectivity index (χ3n) is 3.40. The van der Waals surface area contributed by atoms with E-state index >= 15 is 0 Å². The monoisotopic (exact) mass is 199 g/mol. The van der Waals surface area contributed by atoms with Gasteiger partial charge in [0.05, 0.1) is 0 Å². The van der Waals surface area contributed by atoms with Crippen LogP contribution in [0.3, 0.4) is 0 Å². The molecule has 1 aromatic heterocycles. The van der Waals surface area contributed by atoms with E-state index in [1.54, 1.807) is 5.56 Å². The first kappa shape index (κ1) is 9.02. The minimum Gasteiger partial charge on any atom is -0.361 e. The van der Waals surface area contributed by atoms with Crippen LogP contribution in [-0.4, -0.2) is 4.98 Å². The molecule has 0 spiro atoms. The van der Waals surface area contributed by atoms with E-state index in [2.05, 4.69) is 43.2 Å². The summed E-state index contributed by atoms with van der Waals surface area (Å²) in [6.07, 6.45) is 4.80. The van der Waals surface area contributed by atoms with E-state index in [0.29, 0.717) is 5.92 Å². The van der Waals surface area contributed by atoms with Crippen molar-refractivity contribution >= 4 is 10.9 Å². The fourth-order valence-corrected chi connectivity index (χ4v) is 2.27. The van der Waals surface area contributed by atoms with E-state index in [1.807, 2.05) is 0 Å². The lowest BCUT2D eigenvalue weighted by molar-refractivity contribution is 0.864. The molecule has 0 radical (unpaired) electrons. The van der Waals surface area contributed by atoms with Gasteiger partial charge >= 0.3 is 0 Å². The molecule has 1 aliphatic carbocycles. The summed E-state index contributed by atoms with van der Waals surface area (Å²) in [6, 6.07) is 6.91. The van der Waals surface area contributed by atoms with Crippen molar-refractivity contribution < 1.29 is 0 Å². The molecule has 0 saturated heterocycles. The number of fused-ring (bicyclic) bond motifs is 1. The summed E-state index contributed by atoms with van der Waals surface area (Å²) in [5.41, 5.74) is 4.38. The Kier molecular flexibility index (Phi) is 1.88. The number of hydrogen-bond donors (Lipinski definition) is 1. The van der Waals surface area contributed by atoms with Gasteiger partial charge in [-0.25, -0.2) is 0 Å². The Hall–Kier alpha value is -1.24. The SMILES string of the molecule is CC(C)c1cc(C2CC2)c2[nH]ccc2c1. The van der Waals surface area contributed by atoms with Crippen LogP contribution in [0.25, 0.3) is 10.9 Å². The van der Waals surface area contributed by atoms with Crippen LogP contribution in [0, 0.1) is 0 Å². The number of nitrogens with one attached hydrogen (secondary N) is 1. The van der Waals surface area contributed by atoms with Crippen LogP contribution in [0.4, 0.5) is 0 Å². The molecule has 1 N–H and O–H groups in total. The molecule has 1 heterocycles. The van der Waals surface area contributed by atoms with Crippen molar-refractivity contribution in [3.8, 4) is 0 Å². The zero-order valence-corrected chi connectivity index (χ0v) is 9.38. The second-order valence-electron chi connectivity index (χ2n) is 4.98. The molecule has 0 unspecified atom stereocenters. The fourth-order valence-electron chi connectivity index (χ4n) is 2.27. The third-order valence-corrected chi connectivity index (χ3v) is 3.40. The maximum Gasteiger partial charge on any atom is 0.0489 e. The van der Waals surface area contributed by atoms with Gasteiger partial charge in [-0.1, -0.05) is 19.9 Å². The Morgan fingerprint density at radius 2 is 2.07 bits per heavy atom. The summed E-state index contributed by atoms with van der Waals surface area (Å²) in [6.45, 7) is 4.54. The van der Waals surface area contributed by atoms with E-state index in [9.17, 15) is 0 Å². The fraction of sp³-hybridized carbons (Fsp3) is 0.429. The smallest absolute Gasteiger partial charge is 0.0489 e. The number of aromatic amines is 1. The van der Waals surface area contributed by atoms with Crippen molar-refractivity contribution in [2.45, 2.75) is 38.5 Å². The van der Waals surface area contributed by atoms with Crippen LogP contribution < -0.4 is 0 Å². The maximum atomic E-state index is 3.38. The molecule has 0 aliphatic heterocycles. The van der Waals surface area contributed by atoms with Gasteiger partial charge in [0.1, 0.15) is 0 Å². The summed E-state index contributed by atoms with van der Waals surface area (Å²) in [5, 5.41) is 1.38. The minimum atomic E-state index is 0.627. The molecular formula is C14H17N. The van der Waals surface area contributed by atoms with Crippen LogP contribution in [0.5, 0.6) is 0 Å². The lowest BCUT2D eigenvalue weighted by Crippen LogP contribution is -1.91. The molecule has 2 aromatic rings. The van der Waals surface area contributed by atoms with Gasteiger partial charge in [0.2, 0.25) is 0 Å². The van der Waals surface area contributed by atoms with E-state index < -0.39 is 0 Å². The van der Waals surface area contributed by atoms with Crippen molar-refractivity contribution in [2.24, 2.45) is 0 Å². The van der Waals surface area contributed by atoms with Gasteiger partial charge in [-0.3, -0.25) is 0 Å². The standard InChI is InChI=1S/C14H17N/c1-9(2)12-7-11-5-6-15-14(11)13(8-12)10-3-4-10/h5-10,15H,3-4H2,1-2H3. The molecule has 0 bridgehead atoms. The quantitative estimate of drug-likeness (QED) is 0.747. The van der Waals surface area contributed by atoms with Crippen LogP contribution >= 0.6 is 0 Å². The third kappa shape index (κ3) is 1.46. The Morgan fingerprint density at radius 3 is 2.73 bits per heavy atom. The normalized spacial score (nSPS) is 16.5. The predicted octanol–water partition coefficient (Wildman–Crippen LogP) is 4.17. The zero-order chi connectivity index (χ0) is 10.4. The molecule has 78 valence electrons. The second-order valence-corrected chi connectivity index (χ2v) is 4.98. The summed E-state index contributed by atoms with van der Waals surface area (Å²) >= 11 is 0. The Balaban J connectivity index is 2.24. The first-order valence-corrected chi connectivity index (χ1v) is 5.86. The molecule has 1 saturated carbocycles. The van der Waals surface area contributed by atoms with Crippen LogP contribution in [0.15, 0.2) is 24.4 Å². The molecular weight excluding hydrogens is 182 g/mol. The Bertz CT molecular complexity index is 489. The van der Waals surface area contributed by atoms with Crippen molar-refractivity contribution in [1.82, 2.24) is 4.98 Å². The number of hydrogen-bond acceptors (Lipinski definition) is 0. The number of benzene rings is 1. The minimum absolute atomic E-state index is 0.627. The average Bonchev–Trinajstić information content (AvgIpc) is 2.94. The lowest BCUT2D eigenvalue weighted by Gasteiger charge is -2.09. The number of rotatable bonds is 2. The Morgan fingerprint density at radius 1 is 1.27 bits per heavy atom. The molecule has 1 fully saturated rings. The lowest BCUT2D eigenvalue weighted by atomic mass is 9.96. The number of aromatic nitrogens is 1. The summed E-state index contributed by atoms with van der Waals surface area (Å²) in [5.74, 6) is 1.45. The highest BCUT2D eigenvalue weighted by Crippen LogP contribution is 2.43. The van der Waals surface area contributed by atoms with E-state index in [4.69, 9.17) is 0 Å². The van der Waals surface area contributed by atoms with Gasteiger partial charge in [-0.2, -0.15) is 0 Å². The molecule has 1 aliphatic rings. The highest BCUT2D eigenvalue weighted by molar-refractivity contribution is 5.84. The molecule has 0 atom stereocenters. The molecule has 3 rings (SSSR count). The van der Waals surface area contributed by atoms with E-state index in [1.165, 1.54) is 29.3 Å². The van der Waals surface area contributed by atoms with Gasteiger partial charge in [0.25, 0.3) is 0 Å². The zero-order valence-electron chi connectivity index (χ0n) is 9.38. The van der Waals surface area contributed by atoms with Gasteiger partial charge < -0.3 is 4.98 Å².